The molecule has 194 valence electrons. The third-order valence-electron chi connectivity index (χ3n) is 7.70. The standard InChI is InChI=1S/C30H37N5O2/c1-20-16-28(35-34-20)27(18-21-6-3-2-4-7-21)33-30(37)23-11-9-22(10-12-23)17-25-13-14-26(32-25)29(36)24-8-5-15-31-19-24/h2-12,15,19-20,25-29,32,34-36H,13-14,16-18H2,1H3,(H,33,37)/p+1. The van der Waals surface area contributed by atoms with Gasteiger partial charge in [-0.25, -0.2) is 0 Å². The van der Waals surface area contributed by atoms with Gasteiger partial charge < -0.3 is 15.7 Å². The number of aliphatic hydroxyl groups is 1. The van der Waals surface area contributed by atoms with Gasteiger partial charge in [0.15, 0.2) is 0 Å². The Morgan fingerprint density at radius 3 is 2.57 bits per heavy atom. The monoisotopic (exact) mass is 500 g/mol. The zero-order chi connectivity index (χ0) is 25.6. The Morgan fingerprint density at radius 1 is 1.05 bits per heavy atom. The second kappa shape index (κ2) is 12.0. The van der Waals surface area contributed by atoms with Gasteiger partial charge in [-0.1, -0.05) is 48.5 Å². The molecule has 3 aromatic rings. The normalized spacial score (nSPS) is 25.0. The number of benzene rings is 2. The first-order valence-corrected chi connectivity index (χ1v) is 13.4. The Kier molecular flexibility index (Phi) is 8.26. The number of hydrogen-bond acceptors (Lipinski definition) is 5. The number of nitrogens with one attached hydrogen (secondary N) is 3. The van der Waals surface area contributed by atoms with Crippen LogP contribution in [0.5, 0.6) is 0 Å². The number of pyridine rings is 1. The van der Waals surface area contributed by atoms with Crippen molar-refractivity contribution in [1.82, 2.24) is 21.0 Å². The summed E-state index contributed by atoms with van der Waals surface area (Å²) in [6.45, 7) is 2.20. The van der Waals surface area contributed by atoms with Gasteiger partial charge in [0, 0.05) is 42.0 Å². The van der Waals surface area contributed by atoms with E-state index in [1.165, 1.54) is 11.1 Å². The molecule has 0 radical (unpaired) electrons. The van der Waals surface area contributed by atoms with Crippen molar-refractivity contribution in [3.63, 3.8) is 0 Å². The summed E-state index contributed by atoms with van der Waals surface area (Å²) in [5, 5.41) is 17.6. The number of aliphatic hydroxyl groups excluding tert-OH is 1. The molecule has 2 aromatic carbocycles. The van der Waals surface area contributed by atoms with E-state index in [4.69, 9.17) is 0 Å². The van der Waals surface area contributed by atoms with Crippen LogP contribution in [0, 0.1) is 0 Å². The van der Waals surface area contributed by atoms with Gasteiger partial charge in [-0.2, -0.15) is 5.43 Å². The van der Waals surface area contributed by atoms with E-state index in [9.17, 15) is 9.90 Å². The number of carbonyl (C=O) groups is 1. The zero-order valence-electron chi connectivity index (χ0n) is 21.4. The van der Waals surface area contributed by atoms with Gasteiger partial charge in [-0.15, -0.1) is 0 Å². The maximum Gasteiger partial charge on any atom is 0.251 e. The van der Waals surface area contributed by atoms with Crippen LogP contribution in [-0.4, -0.2) is 46.2 Å². The molecule has 6 unspecified atom stereocenters. The lowest BCUT2D eigenvalue weighted by Gasteiger charge is -2.23. The van der Waals surface area contributed by atoms with E-state index >= 15 is 0 Å². The number of amides is 1. The van der Waals surface area contributed by atoms with Crippen LogP contribution in [0.3, 0.4) is 0 Å². The first kappa shape index (κ1) is 25.5. The Morgan fingerprint density at radius 2 is 1.86 bits per heavy atom. The minimum absolute atomic E-state index is 0.0154. The summed E-state index contributed by atoms with van der Waals surface area (Å²) in [6.07, 6.45) is 7.51. The lowest BCUT2D eigenvalue weighted by atomic mass is 9.96. The predicted octanol–water partition coefficient (Wildman–Crippen LogP) is 2.05. The molecule has 1 amide bonds. The van der Waals surface area contributed by atoms with Crippen molar-refractivity contribution in [3.05, 3.63) is 101 Å². The van der Waals surface area contributed by atoms with E-state index in [0.717, 1.165) is 37.7 Å². The highest BCUT2D eigenvalue weighted by atomic mass is 16.3. The van der Waals surface area contributed by atoms with Crippen molar-refractivity contribution in [2.45, 2.75) is 75.3 Å². The molecule has 2 aliphatic heterocycles. The second-order valence-corrected chi connectivity index (χ2v) is 10.6. The summed E-state index contributed by atoms with van der Waals surface area (Å²) >= 11 is 0. The number of carbonyl (C=O) groups excluding carboxylic acids is 1. The lowest BCUT2D eigenvalue weighted by molar-refractivity contribution is -0.721. The molecule has 3 heterocycles. The molecular formula is C30H38N5O2+. The molecule has 5 rings (SSSR count). The average Bonchev–Trinajstić information content (AvgIpc) is 3.58. The topological polar surface area (TPSA) is 103 Å². The van der Waals surface area contributed by atoms with Crippen LogP contribution in [0.4, 0.5) is 0 Å². The largest absolute Gasteiger partial charge is 0.387 e. The Hall–Kier alpha value is -3.10. The Labute approximate surface area is 219 Å². The fourth-order valence-electron chi connectivity index (χ4n) is 5.64. The Balaban J connectivity index is 1.17. The third-order valence-corrected chi connectivity index (χ3v) is 7.70. The first-order chi connectivity index (χ1) is 18.0. The molecule has 0 saturated carbocycles. The van der Waals surface area contributed by atoms with Gasteiger partial charge in [-0.05, 0) is 61.9 Å². The molecule has 2 saturated heterocycles. The number of hydrogen-bond donors (Lipinski definition) is 5. The highest BCUT2D eigenvalue weighted by Crippen LogP contribution is 2.26. The van der Waals surface area contributed by atoms with Crippen LogP contribution < -0.4 is 21.5 Å². The molecular weight excluding hydrogens is 462 g/mol. The summed E-state index contributed by atoms with van der Waals surface area (Å²) < 4.78 is 0. The third kappa shape index (κ3) is 6.62. The molecule has 0 aliphatic carbocycles. The van der Waals surface area contributed by atoms with Crippen molar-refractivity contribution in [1.29, 1.82) is 0 Å². The summed E-state index contributed by atoms with van der Waals surface area (Å²) in [6, 6.07) is 23.2. The van der Waals surface area contributed by atoms with Gasteiger partial charge in [0.1, 0.15) is 6.04 Å². The average molecular weight is 501 g/mol. The maximum atomic E-state index is 13.2. The van der Waals surface area contributed by atoms with E-state index in [1.54, 1.807) is 12.4 Å². The minimum Gasteiger partial charge on any atom is -0.387 e. The van der Waals surface area contributed by atoms with Crippen LogP contribution in [0.1, 0.15) is 59.3 Å². The van der Waals surface area contributed by atoms with Crippen molar-refractivity contribution >= 4 is 5.91 Å². The predicted molar refractivity (Wildman–Crippen MR) is 144 cm³/mol. The van der Waals surface area contributed by atoms with Gasteiger partial charge in [0.05, 0.1) is 18.2 Å². The molecule has 7 heteroatoms. The van der Waals surface area contributed by atoms with Crippen molar-refractivity contribution in [3.8, 4) is 0 Å². The number of rotatable bonds is 9. The molecule has 0 bridgehead atoms. The second-order valence-electron chi connectivity index (χ2n) is 10.6. The van der Waals surface area contributed by atoms with Crippen molar-refractivity contribution < 1.29 is 15.3 Å². The number of quaternary nitrogens is 1. The number of nitrogens with two attached hydrogens (primary N) is 1. The fourth-order valence-corrected chi connectivity index (χ4v) is 5.64. The summed E-state index contributed by atoms with van der Waals surface area (Å²) in [5.41, 5.74) is 9.57. The smallest absolute Gasteiger partial charge is 0.251 e. The summed E-state index contributed by atoms with van der Waals surface area (Å²) in [4.78, 5) is 17.3. The van der Waals surface area contributed by atoms with Crippen LogP contribution in [0.2, 0.25) is 0 Å². The minimum atomic E-state index is -0.552. The maximum absolute atomic E-state index is 13.2. The quantitative estimate of drug-likeness (QED) is 0.290. The van der Waals surface area contributed by atoms with Crippen LogP contribution in [-0.2, 0) is 12.8 Å². The Bertz CT molecular complexity index is 1140. The van der Waals surface area contributed by atoms with E-state index in [1.807, 2.05) is 42.5 Å². The molecule has 1 aromatic heterocycles. The van der Waals surface area contributed by atoms with Gasteiger partial charge in [0.2, 0.25) is 0 Å². The van der Waals surface area contributed by atoms with E-state index in [0.29, 0.717) is 17.6 Å². The highest BCUT2D eigenvalue weighted by Gasteiger charge is 2.33. The summed E-state index contributed by atoms with van der Waals surface area (Å²) in [7, 11) is 0. The van der Waals surface area contributed by atoms with Gasteiger partial charge in [0.25, 0.3) is 5.91 Å². The molecule has 0 spiro atoms. The molecule has 37 heavy (non-hydrogen) atoms. The fraction of sp³-hybridized carbons (Fsp3) is 0.400. The van der Waals surface area contributed by atoms with Crippen LogP contribution in [0.15, 0.2) is 79.1 Å². The van der Waals surface area contributed by atoms with Crippen molar-refractivity contribution in [2.75, 3.05) is 0 Å². The van der Waals surface area contributed by atoms with Gasteiger partial charge >= 0.3 is 0 Å². The molecule has 6 N–H and O–H groups in total. The SMILES string of the molecule is CC1CC(C(Cc2ccccc2)NC(=O)c2ccc(CC3CCC(C(O)c4cccnc4)N3)cc2)N[NH2+]1. The molecule has 7 nitrogen and oxygen atoms in total. The lowest BCUT2D eigenvalue weighted by Crippen LogP contribution is -2.94. The van der Waals surface area contributed by atoms with Crippen LogP contribution in [0.25, 0.3) is 0 Å². The molecule has 2 fully saturated rings. The highest BCUT2D eigenvalue weighted by molar-refractivity contribution is 5.94. The number of aromatic nitrogens is 1. The first-order valence-electron chi connectivity index (χ1n) is 13.4. The molecule has 2 aliphatic rings. The van der Waals surface area contributed by atoms with Crippen molar-refractivity contribution in [2.24, 2.45) is 0 Å². The van der Waals surface area contributed by atoms with E-state index < -0.39 is 6.10 Å². The zero-order valence-corrected chi connectivity index (χ0v) is 21.4. The summed E-state index contributed by atoms with van der Waals surface area (Å²) in [5.74, 6) is -0.0347. The number of nitrogens with zero attached hydrogens (tertiary/aromatic N) is 1. The van der Waals surface area contributed by atoms with E-state index in [-0.39, 0.29) is 24.0 Å². The van der Waals surface area contributed by atoms with Crippen LogP contribution >= 0.6 is 0 Å². The van der Waals surface area contributed by atoms with Gasteiger partial charge in [-0.3, -0.25) is 15.2 Å². The van der Waals surface area contributed by atoms with E-state index in [2.05, 4.69) is 57.7 Å². The molecule has 6 atom stereocenters.